The predicted molar refractivity (Wildman–Crippen MR) is 51.9 cm³/mol. The third kappa shape index (κ3) is 3.20. The Kier molecular flexibility index (Phi) is 3.54. The first-order valence-electron chi connectivity index (χ1n) is 4.23. The summed E-state index contributed by atoms with van der Waals surface area (Å²) in [6.45, 7) is 0. The van der Waals surface area contributed by atoms with Gasteiger partial charge in [0.05, 0.1) is 10.5 Å². The highest BCUT2D eigenvalue weighted by atomic mass is 19.4. The van der Waals surface area contributed by atoms with E-state index in [0.717, 1.165) is 6.07 Å². The lowest BCUT2D eigenvalue weighted by atomic mass is 10.1. The number of rotatable bonds is 4. The fourth-order valence-electron chi connectivity index (χ4n) is 1.07. The van der Waals surface area contributed by atoms with Crippen molar-refractivity contribution in [1.82, 2.24) is 5.53 Å². The van der Waals surface area contributed by atoms with Crippen LogP contribution in [0.15, 0.2) is 18.2 Å². The molecule has 18 heavy (non-hydrogen) atoms. The van der Waals surface area contributed by atoms with Gasteiger partial charge >= 0.3 is 6.18 Å². The van der Waals surface area contributed by atoms with Gasteiger partial charge < -0.3 is 0 Å². The minimum atomic E-state index is -4.74. The van der Waals surface area contributed by atoms with Crippen LogP contribution in [0.1, 0.15) is 5.56 Å². The number of nitrogens with zero attached hydrogens (tertiary/aromatic N) is 2. The van der Waals surface area contributed by atoms with Crippen molar-refractivity contribution in [2.45, 2.75) is 6.18 Å². The van der Waals surface area contributed by atoms with Gasteiger partial charge in [0.15, 0.2) is 5.03 Å². The molecule has 1 rings (SSSR count). The number of nitro groups is 2. The van der Waals surface area contributed by atoms with E-state index >= 15 is 0 Å². The van der Waals surface area contributed by atoms with Crippen molar-refractivity contribution >= 4 is 11.4 Å². The molecule has 0 unspecified atom stereocenters. The number of benzene rings is 1. The molecule has 8 nitrogen and oxygen atoms in total. The Hall–Kier alpha value is -2.59. The monoisotopic (exact) mass is 266 g/mol. The second-order valence-corrected chi connectivity index (χ2v) is 2.98. The molecule has 0 heterocycles. The molecular formula is C7H5F3N4O4. The van der Waals surface area contributed by atoms with Crippen LogP contribution in [0.5, 0.6) is 0 Å². The summed E-state index contributed by atoms with van der Waals surface area (Å²) in [5.41, 5.74) is 0.610. The third-order valence-corrected chi connectivity index (χ3v) is 1.80. The topological polar surface area (TPSA) is 110 Å². The van der Waals surface area contributed by atoms with Crippen LogP contribution in [0.3, 0.4) is 0 Å². The zero-order valence-corrected chi connectivity index (χ0v) is 8.39. The lowest BCUT2D eigenvalue weighted by molar-refractivity contribution is -0.538. The van der Waals surface area contributed by atoms with Crippen LogP contribution in [0, 0.1) is 20.2 Å². The highest BCUT2D eigenvalue weighted by Gasteiger charge is 2.33. The van der Waals surface area contributed by atoms with E-state index in [1.165, 1.54) is 5.53 Å². The number of hydrogen-bond acceptors (Lipinski definition) is 5. The second-order valence-electron chi connectivity index (χ2n) is 2.98. The number of hydrogen-bond donors (Lipinski definition) is 2. The molecule has 0 spiro atoms. The molecule has 0 aromatic heterocycles. The quantitative estimate of drug-likeness (QED) is 0.634. The molecule has 0 saturated carbocycles. The number of alkyl halides is 3. The first-order chi connectivity index (χ1) is 8.21. The van der Waals surface area contributed by atoms with Crippen molar-refractivity contribution < 1.29 is 23.1 Å². The SMILES string of the molecule is O=[N+]([O-])NNc1ccc(C(F)(F)F)cc1[N+](=O)[O-]. The van der Waals surface area contributed by atoms with Crippen molar-refractivity contribution in [3.63, 3.8) is 0 Å². The van der Waals surface area contributed by atoms with Gasteiger partial charge in [-0.1, -0.05) is 0 Å². The van der Waals surface area contributed by atoms with Crippen LogP contribution in [0.4, 0.5) is 24.5 Å². The van der Waals surface area contributed by atoms with E-state index in [9.17, 15) is 33.4 Å². The molecule has 0 aliphatic rings. The maximum absolute atomic E-state index is 12.3. The second kappa shape index (κ2) is 4.73. The first kappa shape index (κ1) is 13.5. The van der Waals surface area contributed by atoms with Gasteiger partial charge in [-0.05, 0) is 17.7 Å². The summed E-state index contributed by atoms with van der Waals surface area (Å²) in [6.07, 6.45) is -4.74. The van der Waals surface area contributed by atoms with Crippen LogP contribution in [0.2, 0.25) is 0 Å². The average Bonchev–Trinajstić information content (AvgIpc) is 2.24. The van der Waals surface area contributed by atoms with E-state index in [4.69, 9.17) is 0 Å². The molecule has 0 amide bonds. The summed E-state index contributed by atoms with van der Waals surface area (Å²) in [5.74, 6) is 0. The van der Waals surface area contributed by atoms with Gasteiger partial charge in [0.2, 0.25) is 0 Å². The zero-order chi connectivity index (χ0) is 13.9. The fourth-order valence-corrected chi connectivity index (χ4v) is 1.07. The molecule has 1 aromatic rings. The number of nitro benzene ring substituents is 1. The van der Waals surface area contributed by atoms with Gasteiger partial charge in [0, 0.05) is 6.07 Å². The Morgan fingerprint density at radius 3 is 2.22 bits per heavy atom. The Labute approximate surface area is 96.6 Å². The number of anilines is 1. The minimum absolute atomic E-state index is 0.282. The van der Waals surface area contributed by atoms with Gasteiger partial charge in [-0.2, -0.15) is 13.2 Å². The maximum atomic E-state index is 12.3. The molecule has 0 radical (unpaired) electrons. The van der Waals surface area contributed by atoms with Gasteiger partial charge in [0.1, 0.15) is 5.69 Å². The van der Waals surface area contributed by atoms with Crippen molar-refractivity contribution in [1.29, 1.82) is 0 Å². The van der Waals surface area contributed by atoms with Crippen LogP contribution in [0.25, 0.3) is 0 Å². The molecule has 98 valence electrons. The minimum Gasteiger partial charge on any atom is -0.258 e. The van der Waals surface area contributed by atoms with Gasteiger partial charge in [-0.15, -0.1) is 0 Å². The Morgan fingerprint density at radius 1 is 1.17 bits per heavy atom. The predicted octanol–water partition coefficient (Wildman–Crippen LogP) is 1.72. The summed E-state index contributed by atoms with van der Waals surface area (Å²) in [6, 6.07) is 1.57. The molecular weight excluding hydrogens is 261 g/mol. The van der Waals surface area contributed by atoms with Crippen molar-refractivity contribution in [2.75, 3.05) is 5.43 Å². The largest absolute Gasteiger partial charge is 0.416 e. The molecule has 0 aliphatic heterocycles. The Morgan fingerprint density at radius 2 is 1.78 bits per heavy atom. The van der Waals surface area contributed by atoms with E-state index in [-0.39, 0.29) is 6.07 Å². The zero-order valence-electron chi connectivity index (χ0n) is 8.39. The molecule has 11 heteroatoms. The van der Waals surface area contributed by atoms with Gasteiger partial charge in [-0.3, -0.25) is 10.1 Å². The van der Waals surface area contributed by atoms with Crippen LogP contribution < -0.4 is 11.0 Å². The molecule has 0 fully saturated rings. The number of halogens is 3. The smallest absolute Gasteiger partial charge is 0.258 e. The van der Waals surface area contributed by atoms with E-state index < -0.39 is 33.1 Å². The summed E-state index contributed by atoms with van der Waals surface area (Å²) >= 11 is 0. The van der Waals surface area contributed by atoms with Crippen molar-refractivity contribution in [2.24, 2.45) is 0 Å². The van der Waals surface area contributed by atoms with Crippen molar-refractivity contribution in [3.05, 3.63) is 44.0 Å². The van der Waals surface area contributed by atoms with E-state index in [1.807, 2.05) is 5.43 Å². The fraction of sp³-hybridized carbons (Fsp3) is 0.143. The van der Waals surface area contributed by atoms with Gasteiger partial charge in [0.25, 0.3) is 5.69 Å². The maximum Gasteiger partial charge on any atom is 0.416 e. The third-order valence-electron chi connectivity index (χ3n) is 1.80. The molecule has 0 atom stereocenters. The van der Waals surface area contributed by atoms with Gasteiger partial charge in [-0.25, -0.2) is 15.5 Å². The van der Waals surface area contributed by atoms with Crippen LogP contribution in [-0.4, -0.2) is 9.96 Å². The molecule has 0 saturated heterocycles. The highest BCUT2D eigenvalue weighted by molar-refractivity contribution is 5.62. The standard InChI is InChI=1S/C7H5F3N4O4/c8-7(9,10)4-1-2-5(11-12-14(17)18)6(3-4)13(15)16/h1-3,11-12H. The Bertz CT molecular complexity index is 490. The number of hydrazine groups is 2. The van der Waals surface area contributed by atoms with Crippen LogP contribution in [-0.2, 0) is 6.18 Å². The average molecular weight is 266 g/mol. The van der Waals surface area contributed by atoms with Crippen molar-refractivity contribution in [3.8, 4) is 0 Å². The summed E-state index contributed by atoms with van der Waals surface area (Å²) in [5, 5.41) is 19.5. The molecule has 1 aromatic carbocycles. The molecule has 0 aliphatic carbocycles. The molecule has 0 bridgehead atoms. The number of nitrogens with one attached hydrogen (secondary N) is 2. The molecule has 2 N–H and O–H groups in total. The summed E-state index contributed by atoms with van der Waals surface area (Å²) < 4.78 is 36.9. The normalized spacial score (nSPS) is 10.8. The van der Waals surface area contributed by atoms with E-state index in [0.29, 0.717) is 6.07 Å². The first-order valence-corrected chi connectivity index (χ1v) is 4.23. The van der Waals surface area contributed by atoms with E-state index in [2.05, 4.69) is 0 Å². The lowest BCUT2D eigenvalue weighted by Crippen LogP contribution is -2.28. The summed E-state index contributed by atoms with van der Waals surface area (Å²) in [4.78, 5) is 19.4. The lowest BCUT2D eigenvalue weighted by Gasteiger charge is -2.08. The Balaban J connectivity index is 3.13. The van der Waals surface area contributed by atoms with E-state index in [1.54, 1.807) is 0 Å². The summed E-state index contributed by atoms with van der Waals surface area (Å²) in [7, 11) is 0. The highest BCUT2D eigenvalue weighted by Crippen LogP contribution is 2.34. The van der Waals surface area contributed by atoms with Crippen LogP contribution >= 0.6 is 0 Å².